The van der Waals surface area contributed by atoms with Crippen molar-refractivity contribution in [2.24, 2.45) is 5.92 Å². The van der Waals surface area contributed by atoms with Gasteiger partial charge in [-0.1, -0.05) is 0 Å². The summed E-state index contributed by atoms with van der Waals surface area (Å²) in [5.41, 5.74) is 1.16. The van der Waals surface area contributed by atoms with Gasteiger partial charge in [-0.2, -0.15) is 5.26 Å². The number of rotatable bonds is 3. The van der Waals surface area contributed by atoms with Gasteiger partial charge in [0.05, 0.1) is 6.10 Å². The van der Waals surface area contributed by atoms with Gasteiger partial charge in [-0.3, -0.25) is 0 Å². The number of aliphatic hydroxyl groups is 1. The second-order valence-electron chi connectivity index (χ2n) is 4.20. The van der Waals surface area contributed by atoms with E-state index in [1.165, 1.54) is 0 Å². The van der Waals surface area contributed by atoms with E-state index in [0.717, 1.165) is 25.1 Å². The summed E-state index contributed by atoms with van der Waals surface area (Å²) in [7, 11) is 0. The molecular formula is C11H14N4O. The van der Waals surface area contributed by atoms with Crippen LogP contribution in [-0.2, 0) is 0 Å². The second-order valence-corrected chi connectivity index (χ2v) is 4.20. The molecule has 0 radical (unpaired) electrons. The van der Waals surface area contributed by atoms with Crippen LogP contribution in [-0.4, -0.2) is 27.7 Å². The highest BCUT2D eigenvalue weighted by Gasteiger charge is 2.26. The van der Waals surface area contributed by atoms with Gasteiger partial charge in [0.1, 0.15) is 11.8 Å². The van der Waals surface area contributed by atoms with Gasteiger partial charge in [-0.05, 0) is 31.7 Å². The van der Waals surface area contributed by atoms with Crippen molar-refractivity contribution in [2.75, 3.05) is 11.9 Å². The Kier molecular flexibility index (Phi) is 3.02. The number of nitrogens with zero attached hydrogens (tertiary/aromatic N) is 3. The number of aryl methyl sites for hydroxylation is 1. The molecule has 0 bridgehead atoms. The fourth-order valence-corrected chi connectivity index (χ4v) is 1.81. The summed E-state index contributed by atoms with van der Waals surface area (Å²) in [4.78, 5) is 8.25. The molecule has 0 saturated heterocycles. The predicted molar refractivity (Wildman–Crippen MR) is 58.7 cm³/mol. The number of aromatic nitrogens is 2. The van der Waals surface area contributed by atoms with Gasteiger partial charge < -0.3 is 10.4 Å². The Morgan fingerprint density at radius 3 is 2.94 bits per heavy atom. The van der Waals surface area contributed by atoms with Gasteiger partial charge in [0.25, 0.3) is 0 Å². The van der Waals surface area contributed by atoms with E-state index in [2.05, 4.69) is 15.3 Å². The van der Waals surface area contributed by atoms with Gasteiger partial charge in [-0.15, -0.1) is 0 Å². The van der Waals surface area contributed by atoms with E-state index in [0.29, 0.717) is 17.6 Å². The number of hydrogen-bond acceptors (Lipinski definition) is 5. The summed E-state index contributed by atoms with van der Waals surface area (Å²) < 4.78 is 0. The summed E-state index contributed by atoms with van der Waals surface area (Å²) in [5, 5.41) is 21.0. The minimum atomic E-state index is -0.139. The Labute approximate surface area is 94.2 Å². The van der Waals surface area contributed by atoms with Crippen molar-refractivity contribution >= 4 is 5.95 Å². The molecule has 0 atom stereocenters. The summed E-state index contributed by atoms with van der Waals surface area (Å²) in [6.45, 7) is 2.59. The van der Waals surface area contributed by atoms with Gasteiger partial charge in [0.15, 0.2) is 0 Å². The van der Waals surface area contributed by atoms with Crippen LogP contribution in [0.5, 0.6) is 0 Å². The van der Waals surface area contributed by atoms with Crippen molar-refractivity contribution in [1.82, 2.24) is 9.97 Å². The summed E-state index contributed by atoms with van der Waals surface area (Å²) in [6, 6.07) is 3.65. The topological polar surface area (TPSA) is 81.8 Å². The maximum atomic E-state index is 9.14. The fourth-order valence-electron chi connectivity index (χ4n) is 1.81. The molecule has 0 amide bonds. The van der Waals surface area contributed by atoms with Crippen molar-refractivity contribution in [2.45, 2.75) is 25.9 Å². The molecule has 0 aromatic carbocycles. The maximum absolute atomic E-state index is 9.14. The minimum Gasteiger partial charge on any atom is -0.393 e. The number of hydrogen-bond donors (Lipinski definition) is 2. The van der Waals surface area contributed by atoms with E-state index in [4.69, 9.17) is 10.4 Å². The van der Waals surface area contributed by atoms with E-state index in [9.17, 15) is 0 Å². The molecule has 1 aromatic heterocycles. The van der Waals surface area contributed by atoms with Crippen LogP contribution in [0, 0.1) is 24.2 Å². The van der Waals surface area contributed by atoms with E-state index in [1.54, 1.807) is 6.07 Å². The average Bonchev–Trinajstić information content (AvgIpc) is 2.22. The Hall–Kier alpha value is -1.67. The molecule has 5 heteroatoms. The van der Waals surface area contributed by atoms with Crippen molar-refractivity contribution in [3.63, 3.8) is 0 Å². The smallest absolute Gasteiger partial charge is 0.224 e. The SMILES string of the molecule is Cc1cc(C#N)nc(NCC2CC(O)C2)n1. The van der Waals surface area contributed by atoms with Crippen molar-refractivity contribution in [1.29, 1.82) is 5.26 Å². The predicted octanol–water partition coefficient (Wildman–Crippen LogP) is 0.839. The van der Waals surface area contributed by atoms with Crippen LogP contribution >= 0.6 is 0 Å². The lowest BCUT2D eigenvalue weighted by atomic mass is 9.82. The number of anilines is 1. The molecule has 1 fully saturated rings. The summed E-state index contributed by atoms with van der Waals surface area (Å²) >= 11 is 0. The first kappa shape index (κ1) is 10.8. The molecule has 1 heterocycles. The monoisotopic (exact) mass is 218 g/mol. The third-order valence-electron chi connectivity index (χ3n) is 2.73. The molecule has 5 nitrogen and oxygen atoms in total. The quantitative estimate of drug-likeness (QED) is 0.785. The van der Waals surface area contributed by atoms with Gasteiger partial charge in [-0.25, -0.2) is 9.97 Å². The maximum Gasteiger partial charge on any atom is 0.224 e. The molecule has 16 heavy (non-hydrogen) atoms. The minimum absolute atomic E-state index is 0.139. The lowest BCUT2D eigenvalue weighted by Gasteiger charge is -2.31. The number of aliphatic hydroxyl groups excluding tert-OH is 1. The highest BCUT2D eigenvalue weighted by Crippen LogP contribution is 2.26. The van der Waals surface area contributed by atoms with Crippen LogP contribution in [0.15, 0.2) is 6.07 Å². The first-order chi connectivity index (χ1) is 7.67. The van der Waals surface area contributed by atoms with E-state index in [-0.39, 0.29) is 6.10 Å². The van der Waals surface area contributed by atoms with Crippen molar-refractivity contribution < 1.29 is 5.11 Å². The average molecular weight is 218 g/mol. The largest absolute Gasteiger partial charge is 0.393 e. The molecule has 1 aliphatic carbocycles. The zero-order chi connectivity index (χ0) is 11.5. The molecule has 2 rings (SSSR count). The lowest BCUT2D eigenvalue weighted by Crippen LogP contribution is -2.33. The van der Waals surface area contributed by atoms with Crippen LogP contribution in [0.4, 0.5) is 5.95 Å². The molecule has 0 aliphatic heterocycles. The highest BCUT2D eigenvalue weighted by molar-refractivity contribution is 5.33. The van der Waals surface area contributed by atoms with Crippen LogP contribution < -0.4 is 5.32 Å². The normalized spacial score (nSPS) is 23.3. The third kappa shape index (κ3) is 2.47. The summed E-state index contributed by atoms with van der Waals surface area (Å²) in [5.74, 6) is 0.989. The van der Waals surface area contributed by atoms with E-state index in [1.807, 2.05) is 13.0 Å². The Morgan fingerprint density at radius 1 is 1.56 bits per heavy atom. The molecule has 1 aliphatic rings. The Bertz CT molecular complexity index is 420. The molecule has 2 N–H and O–H groups in total. The standard InChI is InChI=1S/C11H14N4O/c1-7-2-9(5-12)15-11(14-7)13-6-8-3-10(16)4-8/h2,8,10,16H,3-4,6H2,1H3,(H,13,14,15). The number of nitriles is 1. The molecule has 0 unspecified atom stereocenters. The van der Waals surface area contributed by atoms with Crippen molar-refractivity contribution in [3.05, 3.63) is 17.5 Å². The Morgan fingerprint density at radius 2 is 2.31 bits per heavy atom. The molecule has 1 aromatic rings. The number of nitrogens with one attached hydrogen (secondary N) is 1. The van der Waals surface area contributed by atoms with Crippen molar-refractivity contribution in [3.8, 4) is 6.07 Å². The van der Waals surface area contributed by atoms with E-state index >= 15 is 0 Å². The Balaban J connectivity index is 1.94. The highest BCUT2D eigenvalue weighted by atomic mass is 16.3. The van der Waals surface area contributed by atoms with E-state index < -0.39 is 0 Å². The molecular weight excluding hydrogens is 204 g/mol. The first-order valence-electron chi connectivity index (χ1n) is 5.35. The molecule has 84 valence electrons. The van der Waals surface area contributed by atoms with Crippen LogP contribution in [0.1, 0.15) is 24.2 Å². The first-order valence-corrected chi connectivity index (χ1v) is 5.35. The van der Waals surface area contributed by atoms with Gasteiger partial charge >= 0.3 is 0 Å². The van der Waals surface area contributed by atoms with Gasteiger partial charge in [0, 0.05) is 12.2 Å². The zero-order valence-electron chi connectivity index (χ0n) is 9.14. The lowest BCUT2D eigenvalue weighted by molar-refractivity contribution is 0.0486. The molecule has 0 spiro atoms. The van der Waals surface area contributed by atoms with Crippen LogP contribution in [0.25, 0.3) is 0 Å². The molecule has 1 saturated carbocycles. The summed E-state index contributed by atoms with van der Waals surface area (Å²) in [6.07, 6.45) is 1.54. The zero-order valence-corrected chi connectivity index (χ0v) is 9.14. The van der Waals surface area contributed by atoms with Crippen LogP contribution in [0.3, 0.4) is 0 Å². The van der Waals surface area contributed by atoms with Crippen LogP contribution in [0.2, 0.25) is 0 Å². The third-order valence-corrected chi connectivity index (χ3v) is 2.73. The van der Waals surface area contributed by atoms with Gasteiger partial charge in [0.2, 0.25) is 5.95 Å². The fraction of sp³-hybridized carbons (Fsp3) is 0.545. The second kappa shape index (κ2) is 4.45.